The molecule has 4 nitrogen and oxygen atoms in total. The van der Waals surface area contributed by atoms with Crippen molar-refractivity contribution in [2.75, 3.05) is 45.8 Å². The SMILES string of the molecule is CC(C)CN1CCN(C(=O)C2(C)CCCNC2)CC1.Cl.Cl. The summed E-state index contributed by atoms with van der Waals surface area (Å²) in [6.45, 7) is 13.6. The van der Waals surface area contributed by atoms with Crippen molar-refractivity contribution in [3.8, 4) is 0 Å². The zero-order chi connectivity index (χ0) is 13.9. The van der Waals surface area contributed by atoms with Crippen LogP contribution in [0, 0.1) is 11.3 Å². The van der Waals surface area contributed by atoms with Crippen LogP contribution in [0.4, 0.5) is 0 Å². The van der Waals surface area contributed by atoms with Crippen LogP contribution in [-0.4, -0.2) is 61.5 Å². The van der Waals surface area contributed by atoms with Crippen LogP contribution in [0.1, 0.15) is 33.6 Å². The van der Waals surface area contributed by atoms with E-state index in [1.54, 1.807) is 0 Å². The smallest absolute Gasteiger partial charge is 0.229 e. The topological polar surface area (TPSA) is 35.6 Å². The molecule has 2 fully saturated rings. The molecule has 2 saturated heterocycles. The van der Waals surface area contributed by atoms with Crippen molar-refractivity contribution < 1.29 is 4.79 Å². The van der Waals surface area contributed by atoms with E-state index in [1.165, 1.54) is 0 Å². The maximum Gasteiger partial charge on any atom is 0.229 e. The minimum absolute atomic E-state index is 0. The molecule has 0 bridgehead atoms. The molecule has 126 valence electrons. The Morgan fingerprint density at radius 2 is 1.81 bits per heavy atom. The van der Waals surface area contributed by atoms with E-state index in [0.29, 0.717) is 11.8 Å². The maximum absolute atomic E-state index is 12.7. The van der Waals surface area contributed by atoms with Crippen LogP contribution in [0.15, 0.2) is 0 Å². The second kappa shape index (κ2) is 9.19. The lowest BCUT2D eigenvalue weighted by molar-refractivity contribution is -0.144. The molecule has 2 heterocycles. The Hall–Kier alpha value is -0.0300. The van der Waals surface area contributed by atoms with Gasteiger partial charge in [-0.15, -0.1) is 24.8 Å². The molecule has 0 aliphatic carbocycles. The molecule has 1 amide bonds. The molecule has 2 aliphatic rings. The van der Waals surface area contributed by atoms with Crippen molar-refractivity contribution in [2.45, 2.75) is 33.6 Å². The van der Waals surface area contributed by atoms with Crippen molar-refractivity contribution >= 4 is 30.7 Å². The zero-order valence-electron chi connectivity index (χ0n) is 13.6. The van der Waals surface area contributed by atoms with Crippen molar-refractivity contribution in [2.24, 2.45) is 11.3 Å². The summed E-state index contributed by atoms with van der Waals surface area (Å²) in [6.07, 6.45) is 2.15. The Morgan fingerprint density at radius 3 is 2.29 bits per heavy atom. The Morgan fingerprint density at radius 1 is 1.19 bits per heavy atom. The van der Waals surface area contributed by atoms with Crippen molar-refractivity contribution in [1.29, 1.82) is 0 Å². The van der Waals surface area contributed by atoms with Gasteiger partial charge in [-0.05, 0) is 32.2 Å². The number of nitrogens with one attached hydrogen (secondary N) is 1. The molecule has 1 atom stereocenters. The van der Waals surface area contributed by atoms with Gasteiger partial charge >= 0.3 is 0 Å². The fourth-order valence-corrected chi connectivity index (χ4v) is 3.27. The normalized spacial score (nSPS) is 27.0. The summed E-state index contributed by atoms with van der Waals surface area (Å²) >= 11 is 0. The molecule has 0 spiro atoms. The van der Waals surface area contributed by atoms with Crippen LogP contribution in [0.2, 0.25) is 0 Å². The van der Waals surface area contributed by atoms with Crippen LogP contribution in [0.25, 0.3) is 0 Å². The van der Waals surface area contributed by atoms with Gasteiger partial charge in [0.05, 0.1) is 5.41 Å². The highest BCUT2D eigenvalue weighted by Gasteiger charge is 2.38. The standard InChI is InChI=1S/C15H29N3O.2ClH/c1-13(2)11-17-7-9-18(10-8-17)14(19)15(3)5-4-6-16-12-15;;/h13,16H,4-12H2,1-3H3;2*1H. The number of piperazine rings is 1. The second-order valence-electron chi connectivity index (χ2n) is 6.83. The first-order chi connectivity index (χ1) is 9.01. The van der Waals surface area contributed by atoms with Gasteiger partial charge in [-0.3, -0.25) is 9.69 Å². The van der Waals surface area contributed by atoms with Crippen LogP contribution < -0.4 is 5.32 Å². The molecule has 6 heteroatoms. The van der Waals surface area contributed by atoms with Gasteiger partial charge in [-0.25, -0.2) is 0 Å². The summed E-state index contributed by atoms with van der Waals surface area (Å²) in [7, 11) is 0. The predicted octanol–water partition coefficient (Wildman–Crippen LogP) is 2.02. The van der Waals surface area contributed by atoms with E-state index in [4.69, 9.17) is 0 Å². The number of hydrogen-bond donors (Lipinski definition) is 1. The van der Waals surface area contributed by atoms with E-state index in [1.807, 2.05) is 0 Å². The Balaban J connectivity index is 0.00000200. The molecule has 2 aliphatic heterocycles. The molecule has 0 saturated carbocycles. The van der Waals surface area contributed by atoms with Gasteiger partial charge in [0.25, 0.3) is 0 Å². The van der Waals surface area contributed by atoms with Gasteiger partial charge < -0.3 is 10.2 Å². The first-order valence-corrected chi connectivity index (χ1v) is 7.74. The average molecular weight is 340 g/mol. The van der Waals surface area contributed by atoms with Crippen LogP contribution in [0.5, 0.6) is 0 Å². The molecule has 0 aromatic heterocycles. The van der Waals surface area contributed by atoms with Gasteiger partial charge in [0.15, 0.2) is 0 Å². The van der Waals surface area contributed by atoms with Crippen molar-refractivity contribution in [1.82, 2.24) is 15.1 Å². The zero-order valence-corrected chi connectivity index (χ0v) is 15.2. The highest BCUT2D eigenvalue weighted by molar-refractivity contribution is 5.85. The van der Waals surface area contributed by atoms with E-state index in [2.05, 4.69) is 35.9 Å². The Labute approximate surface area is 141 Å². The van der Waals surface area contributed by atoms with Crippen molar-refractivity contribution in [3.63, 3.8) is 0 Å². The molecular weight excluding hydrogens is 309 g/mol. The first kappa shape index (κ1) is 21.0. The molecule has 21 heavy (non-hydrogen) atoms. The van der Waals surface area contributed by atoms with Gasteiger partial charge in [0.2, 0.25) is 5.91 Å². The summed E-state index contributed by atoms with van der Waals surface area (Å²) < 4.78 is 0. The van der Waals surface area contributed by atoms with Gasteiger partial charge in [-0.1, -0.05) is 13.8 Å². The lowest BCUT2D eigenvalue weighted by Gasteiger charge is -2.41. The lowest BCUT2D eigenvalue weighted by Crippen LogP contribution is -2.56. The predicted molar refractivity (Wildman–Crippen MR) is 92.6 cm³/mol. The molecule has 1 N–H and O–H groups in total. The fourth-order valence-electron chi connectivity index (χ4n) is 3.27. The molecular formula is C15H31Cl2N3O. The lowest BCUT2D eigenvalue weighted by atomic mass is 9.81. The minimum atomic E-state index is -0.168. The molecule has 0 radical (unpaired) electrons. The Bertz CT molecular complexity index is 312. The van der Waals surface area contributed by atoms with E-state index >= 15 is 0 Å². The van der Waals surface area contributed by atoms with E-state index in [-0.39, 0.29) is 30.2 Å². The molecule has 2 rings (SSSR count). The number of carbonyl (C=O) groups excluding carboxylic acids is 1. The number of carbonyl (C=O) groups is 1. The summed E-state index contributed by atoms with van der Waals surface area (Å²) in [5.74, 6) is 1.08. The molecule has 0 aromatic rings. The summed E-state index contributed by atoms with van der Waals surface area (Å²) in [5, 5.41) is 3.37. The number of hydrogen-bond acceptors (Lipinski definition) is 3. The third kappa shape index (κ3) is 5.59. The third-order valence-corrected chi connectivity index (χ3v) is 4.40. The highest BCUT2D eigenvalue weighted by Crippen LogP contribution is 2.28. The summed E-state index contributed by atoms with van der Waals surface area (Å²) in [4.78, 5) is 17.2. The van der Waals surface area contributed by atoms with Gasteiger partial charge in [0, 0.05) is 39.3 Å². The van der Waals surface area contributed by atoms with E-state index in [0.717, 1.165) is 58.7 Å². The largest absolute Gasteiger partial charge is 0.340 e. The van der Waals surface area contributed by atoms with Gasteiger partial charge in [-0.2, -0.15) is 0 Å². The number of nitrogens with zero attached hydrogens (tertiary/aromatic N) is 2. The number of rotatable bonds is 3. The maximum atomic E-state index is 12.7. The van der Waals surface area contributed by atoms with Crippen LogP contribution >= 0.6 is 24.8 Å². The van der Waals surface area contributed by atoms with Gasteiger partial charge in [0.1, 0.15) is 0 Å². The third-order valence-electron chi connectivity index (χ3n) is 4.40. The minimum Gasteiger partial charge on any atom is -0.340 e. The first-order valence-electron chi connectivity index (χ1n) is 7.74. The quantitative estimate of drug-likeness (QED) is 0.854. The van der Waals surface area contributed by atoms with E-state index < -0.39 is 0 Å². The fraction of sp³-hybridized carbons (Fsp3) is 0.933. The second-order valence-corrected chi connectivity index (χ2v) is 6.83. The number of piperidine rings is 1. The highest BCUT2D eigenvalue weighted by atomic mass is 35.5. The monoisotopic (exact) mass is 339 g/mol. The molecule has 0 aromatic carbocycles. The number of amides is 1. The van der Waals surface area contributed by atoms with Crippen LogP contribution in [-0.2, 0) is 4.79 Å². The molecule has 1 unspecified atom stereocenters. The van der Waals surface area contributed by atoms with Crippen LogP contribution in [0.3, 0.4) is 0 Å². The summed E-state index contributed by atoms with van der Waals surface area (Å²) in [5.41, 5.74) is -0.168. The Kier molecular flexibility index (Phi) is 9.17. The summed E-state index contributed by atoms with van der Waals surface area (Å²) in [6, 6.07) is 0. The van der Waals surface area contributed by atoms with Crippen molar-refractivity contribution in [3.05, 3.63) is 0 Å². The average Bonchev–Trinajstić information content (AvgIpc) is 2.39. The van der Waals surface area contributed by atoms with E-state index in [9.17, 15) is 4.79 Å². The number of halogens is 2.